The highest BCUT2D eigenvalue weighted by molar-refractivity contribution is 6.13. The van der Waals surface area contributed by atoms with Crippen molar-refractivity contribution in [2.45, 2.75) is 60.8 Å². The molecule has 6 heteroatoms. The smallest absolute Gasteiger partial charge is 0.144 e. The number of furan rings is 2. The van der Waals surface area contributed by atoms with Crippen molar-refractivity contribution in [1.29, 1.82) is 0 Å². The van der Waals surface area contributed by atoms with E-state index < -0.39 is 0 Å². The van der Waals surface area contributed by atoms with Gasteiger partial charge in [0.15, 0.2) is 0 Å². The van der Waals surface area contributed by atoms with E-state index in [0.29, 0.717) is 6.42 Å². The van der Waals surface area contributed by atoms with Gasteiger partial charge in [0.2, 0.25) is 0 Å². The lowest BCUT2D eigenvalue weighted by Gasteiger charge is -2.18. The largest absolute Gasteiger partial charge is 0.455 e. The normalized spacial score (nSPS) is 12.6. The molecule has 4 aromatic heterocycles. The molecule has 0 unspecified atom stereocenters. The Bertz CT molecular complexity index is 2980. The van der Waals surface area contributed by atoms with Crippen molar-refractivity contribution in [3.05, 3.63) is 144 Å². The second-order valence-corrected chi connectivity index (χ2v) is 18.0. The molecule has 0 aliphatic carbocycles. The third kappa shape index (κ3) is 6.49. The van der Waals surface area contributed by atoms with Crippen molar-refractivity contribution in [2.75, 3.05) is 0 Å². The topological polar surface area (TPSA) is 77.8 Å². The molecule has 0 aliphatic rings. The minimum atomic E-state index is 0.167. The quantitative estimate of drug-likeness (QED) is 0.169. The van der Waals surface area contributed by atoms with Crippen molar-refractivity contribution >= 4 is 65.7 Å². The summed E-state index contributed by atoms with van der Waals surface area (Å²) in [7, 11) is 0. The van der Waals surface area contributed by atoms with E-state index in [-0.39, 0.29) is 10.8 Å². The van der Waals surface area contributed by atoms with Crippen molar-refractivity contribution < 1.29 is 8.83 Å². The standard InChI is InChI=1S/C51H44N4O2/c1-50(2,3)26-30-15-17-36-42(24-30)52-28-54-46(36)40-22-32(20-38-34-11-7-9-13-44(34)56-48(38)40)19-33-21-39-35-12-8-10-14-45(35)57-49(39)41(23-33)47-37-18-16-31(27-51(4,5)6)25-43(37)53-29-55-47/h7-18,20-25,28-29H,19,26-27H2,1-6H3. The van der Waals surface area contributed by atoms with Crippen LogP contribution in [0.25, 0.3) is 88.2 Å². The molecule has 0 radical (unpaired) electrons. The molecular formula is C51H44N4O2. The van der Waals surface area contributed by atoms with E-state index in [1.54, 1.807) is 12.7 Å². The fraction of sp³-hybridized carbons (Fsp3) is 0.216. The molecular weight excluding hydrogens is 701 g/mol. The molecule has 0 N–H and O–H groups in total. The zero-order chi connectivity index (χ0) is 39.1. The predicted octanol–water partition coefficient (Wildman–Crippen LogP) is 13.5. The van der Waals surface area contributed by atoms with E-state index in [2.05, 4.69) is 126 Å². The average molecular weight is 745 g/mol. The predicted molar refractivity (Wildman–Crippen MR) is 234 cm³/mol. The van der Waals surface area contributed by atoms with Gasteiger partial charge < -0.3 is 8.83 Å². The van der Waals surface area contributed by atoms with Crippen LogP contribution in [0.15, 0.2) is 131 Å². The van der Waals surface area contributed by atoms with Gasteiger partial charge in [-0.25, -0.2) is 19.9 Å². The Balaban J connectivity index is 1.16. The minimum absolute atomic E-state index is 0.167. The lowest BCUT2D eigenvalue weighted by atomic mass is 9.87. The van der Waals surface area contributed by atoms with Gasteiger partial charge in [-0.3, -0.25) is 0 Å². The monoisotopic (exact) mass is 744 g/mol. The lowest BCUT2D eigenvalue weighted by molar-refractivity contribution is 0.411. The molecule has 0 amide bonds. The zero-order valence-electron chi connectivity index (χ0n) is 33.3. The highest BCUT2D eigenvalue weighted by Gasteiger charge is 2.22. The average Bonchev–Trinajstić information content (AvgIpc) is 3.74. The Labute approximate surface area is 331 Å². The summed E-state index contributed by atoms with van der Waals surface area (Å²) in [5.41, 5.74) is 14.0. The number of hydrogen-bond acceptors (Lipinski definition) is 6. The molecule has 280 valence electrons. The number of benzene rings is 6. The van der Waals surface area contributed by atoms with Crippen molar-refractivity contribution in [3.63, 3.8) is 0 Å². The van der Waals surface area contributed by atoms with Crippen LogP contribution in [-0.2, 0) is 19.3 Å². The minimum Gasteiger partial charge on any atom is -0.455 e. The number of hydrogen-bond donors (Lipinski definition) is 0. The number of fused-ring (bicyclic) bond motifs is 8. The van der Waals surface area contributed by atoms with Gasteiger partial charge in [-0.15, -0.1) is 0 Å². The van der Waals surface area contributed by atoms with E-state index in [9.17, 15) is 0 Å². The molecule has 4 heterocycles. The molecule has 10 rings (SSSR count). The number of aromatic nitrogens is 4. The van der Waals surface area contributed by atoms with Crippen molar-refractivity contribution in [2.24, 2.45) is 10.8 Å². The van der Waals surface area contributed by atoms with Crippen LogP contribution in [0.1, 0.15) is 63.8 Å². The van der Waals surface area contributed by atoms with E-state index in [1.807, 2.05) is 24.3 Å². The third-order valence-electron chi connectivity index (χ3n) is 10.9. The first-order valence-corrected chi connectivity index (χ1v) is 19.8. The van der Waals surface area contributed by atoms with Crippen molar-refractivity contribution in [3.8, 4) is 22.5 Å². The first-order valence-electron chi connectivity index (χ1n) is 19.8. The van der Waals surface area contributed by atoms with Gasteiger partial charge in [-0.2, -0.15) is 0 Å². The highest BCUT2D eigenvalue weighted by atomic mass is 16.3. The van der Waals surface area contributed by atoms with E-state index in [4.69, 9.17) is 28.8 Å². The number of para-hydroxylation sites is 2. The fourth-order valence-electron chi connectivity index (χ4n) is 8.64. The molecule has 0 atom stereocenters. The maximum atomic E-state index is 6.64. The van der Waals surface area contributed by atoms with E-state index >= 15 is 0 Å². The lowest BCUT2D eigenvalue weighted by Crippen LogP contribution is -2.09. The Hall–Kier alpha value is -6.40. The summed E-state index contributed by atoms with van der Waals surface area (Å²) in [6.07, 6.45) is 5.96. The zero-order valence-corrected chi connectivity index (χ0v) is 33.3. The summed E-state index contributed by atoms with van der Waals surface area (Å²) in [5.74, 6) is 0. The van der Waals surface area contributed by atoms with Crippen LogP contribution in [0.3, 0.4) is 0 Å². The van der Waals surface area contributed by atoms with Crippen LogP contribution >= 0.6 is 0 Å². The van der Waals surface area contributed by atoms with Gasteiger partial charge >= 0.3 is 0 Å². The van der Waals surface area contributed by atoms with Gasteiger partial charge in [0, 0.05) is 43.4 Å². The fourth-order valence-corrected chi connectivity index (χ4v) is 8.64. The van der Waals surface area contributed by atoms with Gasteiger partial charge in [0.1, 0.15) is 35.0 Å². The number of rotatable bonds is 6. The van der Waals surface area contributed by atoms with Crippen LogP contribution in [0.4, 0.5) is 0 Å². The van der Waals surface area contributed by atoms with Gasteiger partial charge in [0.25, 0.3) is 0 Å². The van der Waals surface area contributed by atoms with Crippen LogP contribution in [-0.4, -0.2) is 19.9 Å². The Morgan fingerprint density at radius 3 is 1.30 bits per heavy atom. The molecule has 0 fully saturated rings. The molecule has 0 saturated carbocycles. The SMILES string of the molecule is CC(C)(C)Cc1ccc2c(-c3cc(Cc4cc(-c5ncnc6cc(CC(C)(C)C)ccc56)c5oc6ccccc6c5c4)cc4c3oc3ccccc34)ncnc2c1. The Morgan fingerprint density at radius 2 is 0.860 bits per heavy atom. The molecule has 6 nitrogen and oxygen atoms in total. The summed E-state index contributed by atoms with van der Waals surface area (Å²) in [6, 6.07) is 38.8. The van der Waals surface area contributed by atoms with Gasteiger partial charge in [0.05, 0.1) is 22.4 Å². The van der Waals surface area contributed by atoms with Crippen LogP contribution < -0.4 is 0 Å². The molecule has 10 aromatic rings. The molecule has 0 bridgehead atoms. The van der Waals surface area contributed by atoms with E-state index in [1.165, 1.54) is 11.1 Å². The van der Waals surface area contributed by atoms with Gasteiger partial charge in [-0.1, -0.05) is 102 Å². The maximum absolute atomic E-state index is 6.64. The molecule has 0 aliphatic heterocycles. The second-order valence-electron chi connectivity index (χ2n) is 18.0. The Kier molecular flexibility index (Phi) is 8.05. The molecule has 57 heavy (non-hydrogen) atoms. The van der Waals surface area contributed by atoms with Crippen LogP contribution in [0, 0.1) is 10.8 Å². The Morgan fingerprint density at radius 1 is 0.421 bits per heavy atom. The second kappa shape index (κ2) is 13.1. The summed E-state index contributed by atoms with van der Waals surface area (Å²) in [6.45, 7) is 13.6. The summed E-state index contributed by atoms with van der Waals surface area (Å²) < 4.78 is 13.3. The molecule has 6 aromatic carbocycles. The van der Waals surface area contributed by atoms with Crippen LogP contribution in [0.5, 0.6) is 0 Å². The van der Waals surface area contributed by atoms with Crippen molar-refractivity contribution in [1.82, 2.24) is 19.9 Å². The summed E-state index contributed by atoms with van der Waals surface area (Å²) >= 11 is 0. The maximum Gasteiger partial charge on any atom is 0.144 e. The third-order valence-corrected chi connectivity index (χ3v) is 10.9. The van der Waals surface area contributed by atoms with E-state index in [0.717, 1.165) is 112 Å². The number of nitrogens with zero attached hydrogens (tertiary/aromatic N) is 4. The first kappa shape index (κ1) is 35.0. The summed E-state index contributed by atoms with van der Waals surface area (Å²) in [4.78, 5) is 19.3. The summed E-state index contributed by atoms with van der Waals surface area (Å²) in [5, 5.41) is 6.30. The molecule has 0 spiro atoms. The van der Waals surface area contributed by atoms with Gasteiger partial charge in [-0.05, 0) is 101 Å². The highest BCUT2D eigenvalue weighted by Crippen LogP contribution is 2.42. The first-order chi connectivity index (χ1) is 27.4. The molecule has 0 saturated heterocycles. The van der Waals surface area contributed by atoms with Crippen LogP contribution in [0.2, 0.25) is 0 Å².